The van der Waals surface area contributed by atoms with Gasteiger partial charge in [-0.2, -0.15) is 0 Å². The van der Waals surface area contributed by atoms with Gasteiger partial charge in [0.05, 0.1) is 11.7 Å². The van der Waals surface area contributed by atoms with Gasteiger partial charge in [0, 0.05) is 48.7 Å². The summed E-state index contributed by atoms with van der Waals surface area (Å²) >= 11 is 0. The highest BCUT2D eigenvalue weighted by Crippen LogP contribution is 2.44. The van der Waals surface area contributed by atoms with Crippen molar-refractivity contribution in [2.45, 2.75) is 45.3 Å². The molecule has 0 aliphatic carbocycles. The van der Waals surface area contributed by atoms with E-state index in [-0.39, 0.29) is 18.1 Å². The molecule has 186 valence electrons. The summed E-state index contributed by atoms with van der Waals surface area (Å²) in [4.78, 5) is 29.2. The Kier molecular flexibility index (Phi) is 6.50. The van der Waals surface area contributed by atoms with E-state index in [2.05, 4.69) is 10.3 Å². The van der Waals surface area contributed by atoms with Crippen LogP contribution in [0, 0.1) is 0 Å². The Labute approximate surface area is 208 Å². The van der Waals surface area contributed by atoms with Crippen LogP contribution in [0.25, 0.3) is 22.1 Å². The van der Waals surface area contributed by atoms with Crippen molar-refractivity contribution in [3.05, 3.63) is 77.2 Å². The van der Waals surface area contributed by atoms with E-state index in [4.69, 9.17) is 13.9 Å². The summed E-state index contributed by atoms with van der Waals surface area (Å²) in [5.74, 6) is 0.826. The summed E-state index contributed by atoms with van der Waals surface area (Å²) in [5.41, 5.74) is 2.05. The number of aromatic nitrogens is 2. The predicted octanol–water partition coefficient (Wildman–Crippen LogP) is 4.35. The Morgan fingerprint density at radius 3 is 2.83 bits per heavy atom. The first-order chi connectivity index (χ1) is 17.4. The maximum atomic E-state index is 12.6. The molecule has 0 bridgehead atoms. The molecule has 2 aromatic carbocycles. The summed E-state index contributed by atoms with van der Waals surface area (Å²) in [5, 5.41) is 3.55. The van der Waals surface area contributed by atoms with Gasteiger partial charge in [-0.1, -0.05) is 30.3 Å². The molecule has 5 rings (SSSR count). The summed E-state index contributed by atoms with van der Waals surface area (Å²) in [6.45, 7) is 5.16. The maximum Gasteiger partial charge on any atom is 0.336 e. The first-order valence-electron chi connectivity index (χ1n) is 12.1. The van der Waals surface area contributed by atoms with Gasteiger partial charge in [0.15, 0.2) is 6.61 Å². The van der Waals surface area contributed by atoms with Gasteiger partial charge < -0.3 is 23.8 Å². The Hall–Kier alpha value is -4.07. The topological polar surface area (TPSA) is 95.6 Å². The third kappa shape index (κ3) is 5.12. The SMILES string of the molecule is CC1(C)CCc2c(cc(OCC(=O)NCCCn3ccnc3)c3c(-c4ccccc4)cc(=O)oc23)O1. The van der Waals surface area contributed by atoms with E-state index in [1.807, 2.05) is 61.0 Å². The van der Waals surface area contributed by atoms with Crippen LogP contribution in [0.1, 0.15) is 32.3 Å². The van der Waals surface area contributed by atoms with E-state index >= 15 is 0 Å². The number of aryl methyl sites for hydroxylation is 2. The Morgan fingerprint density at radius 1 is 1.22 bits per heavy atom. The number of amides is 1. The number of fused-ring (bicyclic) bond motifs is 3. The second-order valence-corrected chi connectivity index (χ2v) is 9.56. The molecular formula is C28H29N3O5. The van der Waals surface area contributed by atoms with Gasteiger partial charge in [0.2, 0.25) is 0 Å². The molecule has 8 heteroatoms. The van der Waals surface area contributed by atoms with Gasteiger partial charge in [0.1, 0.15) is 22.7 Å². The van der Waals surface area contributed by atoms with Crippen molar-refractivity contribution in [1.82, 2.24) is 14.9 Å². The fraction of sp³-hybridized carbons (Fsp3) is 0.321. The van der Waals surface area contributed by atoms with E-state index in [1.54, 1.807) is 12.5 Å². The molecule has 3 heterocycles. The molecule has 1 aliphatic rings. The van der Waals surface area contributed by atoms with E-state index in [0.29, 0.717) is 41.0 Å². The maximum absolute atomic E-state index is 12.6. The number of rotatable bonds is 8. The lowest BCUT2D eigenvalue weighted by Crippen LogP contribution is -2.33. The number of carbonyl (C=O) groups is 1. The van der Waals surface area contributed by atoms with Crippen LogP contribution in [0.3, 0.4) is 0 Å². The molecule has 0 atom stereocenters. The fourth-order valence-corrected chi connectivity index (χ4v) is 4.51. The van der Waals surface area contributed by atoms with Gasteiger partial charge in [-0.25, -0.2) is 9.78 Å². The third-order valence-corrected chi connectivity index (χ3v) is 6.32. The van der Waals surface area contributed by atoms with E-state index < -0.39 is 5.63 Å². The Balaban J connectivity index is 1.44. The monoisotopic (exact) mass is 487 g/mol. The normalized spacial score (nSPS) is 14.2. The fourth-order valence-electron chi connectivity index (χ4n) is 4.51. The summed E-state index contributed by atoms with van der Waals surface area (Å²) < 4.78 is 20.0. The second kappa shape index (κ2) is 9.89. The minimum Gasteiger partial charge on any atom is -0.487 e. The molecule has 36 heavy (non-hydrogen) atoms. The second-order valence-electron chi connectivity index (χ2n) is 9.56. The van der Waals surface area contributed by atoms with Crippen LogP contribution in [0.5, 0.6) is 11.5 Å². The zero-order valence-corrected chi connectivity index (χ0v) is 20.5. The standard InChI is InChI=1S/C28H29N3O5/c1-28(2)10-9-20-22(36-28)16-23(34-17-24(32)30-11-6-13-31-14-12-29-18-31)26-21(15-25(33)35-27(20)26)19-7-4-3-5-8-19/h3-5,7-8,12,14-16,18H,6,9-11,13,17H2,1-2H3,(H,30,32). The van der Waals surface area contributed by atoms with E-state index in [1.165, 1.54) is 6.07 Å². The smallest absolute Gasteiger partial charge is 0.336 e. The molecule has 1 aliphatic heterocycles. The van der Waals surface area contributed by atoms with Crippen molar-refractivity contribution in [3.63, 3.8) is 0 Å². The van der Waals surface area contributed by atoms with Crippen LogP contribution < -0.4 is 20.4 Å². The summed E-state index contributed by atoms with van der Waals surface area (Å²) in [6.07, 6.45) is 7.63. The molecule has 0 fully saturated rings. The molecule has 0 unspecified atom stereocenters. The first-order valence-corrected chi connectivity index (χ1v) is 12.1. The Bertz CT molecular complexity index is 1430. The minimum absolute atomic E-state index is 0.171. The highest BCUT2D eigenvalue weighted by Gasteiger charge is 2.31. The molecular weight excluding hydrogens is 458 g/mol. The van der Waals surface area contributed by atoms with Gasteiger partial charge in [0.25, 0.3) is 5.91 Å². The lowest BCUT2D eigenvalue weighted by molar-refractivity contribution is -0.123. The zero-order valence-electron chi connectivity index (χ0n) is 20.5. The van der Waals surface area contributed by atoms with Crippen LogP contribution in [-0.2, 0) is 17.8 Å². The highest BCUT2D eigenvalue weighted by atomic mass is 16.5. The summed E-state index contributed by atoms with van der Waals surface area (Å²) in [7, 11) is 0. The van der Waals surface area contributed by atoms with Gasteiger partial charge in [-0.05, 0) is 38.7 Å². The van der Waals surface area contributed by atoms with Crippen molar-refractivity contribution in [3.8, 4) is 22.6 Å². The Morgan fingerprint density at radius 2 is 2.06 bits per heavy atom. The number of benzene rings is 2. The van der Waals surface area contributed by atoms with Crippen molar-refractivity contribution in [2.75, 3.05) is 13.2 Å². The zero-order chi connectivity index (χ0) is 25.1. The van der Waals surface area contributed by atoms with Gasteiger partial charge >= 0.3 is 5.63 Å². The molecule has 0 saturated carbocycles. The highest BCUT2D eigenvalue weighted by molar-refractivity contribution is 6.00. The number of ether oxygens (including phenoxy) is 2. The third-order valence-electron chi connectivity index (χ3n) is 6.32. The van der Waals surface area contributed by atoms with Crippen molar-refractivity contribution in [1.29, 1.82) is 0 Å². The van der Waals surface area contributed by atoms with Crippen molar-refractivity contribution >= 4 is 16.9 Å². The van der Waals surface area contributed by atoms with Crippen molar-refractivity contribution in [2.24, 2.45) is 0 Å². The number of imidazole rings is 1. The van der Waals surface area contributed by atoms with Gasteiger partial charge in [-0.3, -0.25) is 4.79 Å². The quantitative estimate of drug-likeness (QED) is 0.293. The van der Waals surface area contributed by atoms with Crippen LogP contribution in [0.4, 0.5) is 0 Å². The predicted molar refractivity (Wildman–Crippen MR) is 136 cm³/mol. The molecule has 0 spiro atoms. The molecule has 1 N–H and O–H groups in total. The molecule has 0 radical (unpaired) electrons. The van der Waals surface area contributed by atoms with E-state index in [9.17, 15) is 9.59 Å². The lowest BCUT2D eigenvalue weighted by atomic mass is 9.91. The number of carbonyl (C=O) groups excluding carboxylic acids is 1. The van der Waals surface area contributed by atoms with Crippen LogP contribution in [0.2, 0.25) is 0 Å². The number of nitrogens with one attached hydrogen (secondary N) is 1. The van der Waals surface area contributed by atoms with Crippen LogP contribution >= 0.6 is 0 Å². The van der Waals surface area contributed by atoms with E-state index in [0.717, 1.165) is 30.5 Å². The average Bonchev–Trinajstić information content (AvgIpc) is 3.38. The lowest BCUT2D eigenvalue weighted by Gasteiger charge is -2.33. The molecule has 4 aromatic rings. The van der Waals surface area contributed by atoms with Crippen molar-refractivity contribution < 1.29 is 18.7 Å². The number of nitrogens with zero attached hydrogens (tertiary/aromatic N) is 2. The molecule has 0 saturated heterocycles. The first kappa shape index (κ1) is 23.7. The summed E-state index contributed by atoms with van der Waals surface area (Å²) in [6, 6.07) is 12.9. The number of hydrogen-bond donors (Lipinski definition) is 1. The number of hydrogen-bond acceptors (Lipinski definition) is 6. The molecule has 1 amide bonds. The largest absolute Gasteiger partial charge is 0.487 e. The molecule has 2 aromatic heterocycles. The van der Waals surface area contributed by atoms with Crippen LogP contribution in [-0.4, -0.2) is 34.2 Å². The van der Waals surface area contributed by atoms with Crippen LogP contribution in [0.15, 0.2) is 70.4 Å². The minimum atomic E-state index is -0.443. The van der Waals surface area contributed by atoms with Gasteiger partial charge in [-0.15, -0.1) is 0 Å². The molecule has 8 nitrogen and oxygen atoms in total. The average molecular weight is 488 g/mol.